The van der Waals surface area contributed by atoms with E-state index in [1.165, 1.54) is 72.8 Å². The van der Waals surface area contributed by atoms with Gasteiger partial charge in [0.1, 0.15) is 37.3 Å². The molecule has 0 unspecified atom stereocenters. The number of H-pyrrole nitrogens is 2. The number of benzene rings is 5. The maximum absolute atomic E-state index is 14.7. The molecule has 0 aliphatic carbocycles. The number of anilines is 4. The third kappa shape index (κ3) is 7.96. The summed E-state index contributed by atoms with van der Waals surface area (Å²) in [5.74, 6) is -1.53. The molecule has 4 aromatic heterocycles. The Hall–Kier alpha value is -8.16. The first kappa shape index (κ1) is 45.3. The molecule has 9 aromatic rings. The van der Waals surface area contributed by atoms with Gasteiger partial charge < -0.3 is 21.0 Å². The number of fused-ring (bicyclic) bond motifs is 20. The van der Waals surface area contributed by atoms with Crippen molar-refractivity contribution in [3.63, 3.8) is 0 Å². The highest BCUT2D eigenvalue weighted by molar-refractivity contribution is 7.93. The van der Waals surface area contributed by atoms with Gasteiger partial charge in [0.15, 0.2) is 23.3 Å². The highest BCUT2D eigenvalue weighted by atomic mass is 35.5. The Kier molecular flexibility index (Phi) is 10.2. The van der Waals surface area contributed by atoms with Crippen LogP contribution >= 0.6 is 11.6 Å². The predicted octanol–water partition coefficient (Wildman–Crippen LogP) is 5.57. The molecule has 0 saturated carbocycles. The van der Waals surface area contributed by atoms with Gasteiger partial charge in [0.2, 0.25) is 17.2 Å². The first-order valence-electron chi connectivity index (χ1n) is 20.0. The average Bonchev–Trinajstić information content (AvgIpc) is 4.03. The summed E-state index contributed by atoms with van der Waals surface area (Å²) in [5.41, 5.74) is 4.57. The van der Waals surface area contributed by atoms with E-state index < -0.39 is 65.8 Å². The highest BCUT2D eigenvalue weighted by Gasteiger charge is 2.32. The molecule has 5 aromatic carbocycles. The summed E-state index contributed by atoms with van der Waals surface area (Å²) >= 11 is 5.93. The van der Waals surface area contributed by atoms with Crippen molar-refractivity contribution in [3.8, 4) is 45.6 Å². The van der Waals surface area contributed by atoms with Crippen LogP contribution in [0.25, 0.3) is 89.7 Å². The van der Waals surface area contributed by atoms with E-state index in [2.05, 4.69) is 64.9 Å². The van der Waals surface area contributed by atoms with Crippen molar-refractivity contribution in [1.82, 2.24) is 54.8 Å². The lowest BCUT2D eigenvalue weighted by Crippen LogP contribution is -2.14. The van der Waals surface area contributed by atoms with Gasteiger partial charge in [-0.1, -0.05) is 54.6 Å². The molecule has 0 spiro atoms. The van der Waals surface area contributed by atoms with Gasteiger partial charge >= 0.3 is 0 Å². The molecule has 6 heterocycles. The summed E-state index contributed by atoms with van der Waals surface area (Å²) < 4.78 is 141. The molecule has 11 rings (SSSR count). The lowest BCUT2D eigenvalue weighted by Gasteiger charge is -2.13. The Morgan fingerprint density at radius 3 is 1.48 bits per heavy atom. The molecule has 2 aliphatic rings. The van der Waals surface area contributed by atoms with Crippen molar-refractivity contribution in [3.05, 3.63) is 102 Å². The molecule has 30 heteroatoms. The van der Waals surface area contributed by atoms with Crippen molar-refractivity contribution in [1.29, 1.82) is 0 Å². The van der Waals surface area contributed by atoms with Crippen molar-refractivity contribution in [2.45, 2.75) is 19.6 Å². The second-order valence-electron chi connectivity index (χ2n) is 15.3. The van der Waals surface area contributed by atoms with Crippen LogP contribution in [0.1, 0.15) is 0 Å². The van der Waals surface area contributed by atoms with Gasteiger partial charge in [-0.15, -0.1) is 0 Å². The van der Waals surface area contributed by atoms with Crippen molar-refractivity contribution < 1.29 is 47.3 Å². The van der Waals surface area contributed by atoms with E-state index in [4.69, 9.17) is 17.3 Å². The standard InChI is InChI=1S/C41H25ClN14O11S4/c42-39-53-40(43)55-41(54-39)44-17-6-1-7-18(16-17)56-68(57,58)23-12-2-8-19-27(23)35-48-33(19)49-36-28-20(9-3-13-24(28)69(59,60)61)31(46-36)45-32-21-10-4-14-25(70(62,63)64)29(21)37(47-32)50-34-22-11-5-15-26(71(65,66)67)30(22)38(51-34)52-35/h1-16,56H,(H,59,60,61)(H,62,63,64)(H,65,66,67)(H3,43,44,53,54,55)(H2,45,46,47,48,49,50,51,52). The predicted molar refractivity (Wildman–Crippen MR) is 255 cm³/mol. The lowest BCUT2D eigenvalue weighted by molar-refractivity contribution is 0.481. The molecule has 0 fully saturated rings. The topological polar surface area (TPSA) is 395 Å². The van der Waals surface area contributed by atoms with Crippen LogP contribution in [0.15, 0.2) is 117 Å². The Morgan fingerprint density at radius 1 is 0.479 bits per heavy atom. The maximum atomic E-state index is 14.7. The number of nitrogens with one attached hydrogen (secondary N) is 4. The summed E-state index contributed by atoms with van der Waals surface area (Å²) in [6.07, 6.45) is 0. The summed E-state index contributed by atoms with van der Waals surface area (Å²) in [6.45, 7) is 0. The number of nitrogens with zero attached hydrogens (tertiary/aromatic N) is 9. The zero-order valence-corrected chi connectivity index (χ0v) is 39.0. The Bertz CT molecular complexity index is 4500. The first-order chi connectivity index (χ1) is 33.6. The zero-order chi connectivity index (χ0) is 49.9. The molecule has 2 aliphatic heterocycles. The number of aromatic amines is 2. The van der Waals surface area contributed by atoms with Crippen LogP contribution in [0.3, 0.4) is 0 Å². The normalized spacial score (nSPS) is 12.7. The minimum atomic E-state index is -5.07. The van der Waals surface area contributed by atoms with E-state index in [1.54, 1.807) is 6.07 Å². The number of rotatable bonds is 8. The number of hydrogen-bond donors (Lipinski definition) is 8. The minimum Gasteiger partial charge on any atom is -0.368 e. The number of sulfonamides is 1. The highest BCUT2D eigenvalue weighted by Crippen LogP contribution is 2.42. The van der Waals surface area contributed by atoms with E-state index >= 15 is 0 Å². The molecule has 25 nitrogen and oxygen atoms in total. The fraction of sp³-hybridized carbons (Fsp3) is 0. The van der Waals surface area contributed by atoms with E-state index in [0.29, 0.717) is 5.69 Å². The summed E-state index contributed by atoms with van der Waals surface area (Å²) in [5, 5.41) is 2.18. The van der Waals surface area contributed by atoms with E-state index in [0.717, 1.165) is 18.2 Å². The molecular formula is C41H25ClN14O11S4. The number of halogens is 1. The van der Waals surface area contributed by atoms with Gasteiger partial charge in [0.05, 0.1) is 21.7 Å². The smallest absolute Gasteiger partial charge is 0.295 e. The summed E-state index contributed by atoms with van der Waals surface area (Å²) in [7, 11) is -19.8. The Labute approximate surface area is 402 Å². The molecular weight excluding hydrogens is 1030 g/mol. The van der Waals surface area contributed by atoms with Crippen LogP contribution in [0.2, 0.25) is 5.28 Å². The van der Waals surface area contributed by atoms with Crippen molar-refractivity contribution in [2.24, 2.45) is 0 Å². The molecule has 71 heavy (non-hydrogen) atoms. The number of aromatic nitrogens is 11. The third-order valence-corrected chi connectivity index (χ3v) is 15.2. The van der Waals surface area contributed by atoms with Gasteiger partial charge in [-0.3, -0.25) is 18.4 Å². The van der Waals surface area contributed by atoms with E-state index in [-0.39, 0.29) is 107 Å². The van der Waals surface area contributed by atoms with Crippen LogP contribution in [0, 0.1) is 0 Å². The number of nitrogen functional groups attached to an aromatic ring is 1. The molecule has 0 saturated heterocycles. The van der Waals surface area contributed by atoms with Crippen LogP contribution in [0.4, 0.5) is 23.3 Å². The largest absolute Gasteiger partial charge is 0.368 e. The summed E-state index contributed by atoms with van der Waals surface area (Å²) in [4.78, 5) is 42.8. The number of nitrogens with two attached hydrogens (primary N) is 1. The second kappa shape index (κ2) is 15.9. The first-order valence-corrected chi connectivity index (χ1v) is 26.1. The van der Waals surface area contributed by atoms with Gasteiger partial charge in [-0.25, -0.2) is 38.3 Å². The van der Waals surface area contributed by atoms with Gasteiger partial charge in [-0.2, -0.15) is 40.2 Å². The quantitative estimate of drug-likeness (QED) is 0.0861. The molecule has 356 valence electrons. The molecule has 0 amide bonds. The van der Waals surface area contributed by atoms with Crippen LogP contribution in [-0.2, 0) is 40.4 Å². The third-order valence-electron chi connectivity index (χ3n) is 10.9. The van der Waals surface area contributed by atoms with Gasteiger partial charge in [0.25, 0.3) is 40.4 Å². The summed E-state index contributed by atoms with van der Waals surface area (Å²) in [6, 6.07) is 21.3. The Balaban J connectivity index is 1.23. The average molecular weight is 1050 g/mol. The van der Waals surface area contributed by atoms with Crippen molar-refractivity contribution in [2.75, 3.05) is 15.8 Å². The second-order valence-corrected chi connectivity index (χ2v) is 21.5. The molecule has 9 N–H and O–H groups in total. The molecule has 8 bridgehead atoms. The maximum Gasteiger partial charge on any atom is 0.295 e. The van der Waals surface area contributed by atoms with Crippen LogP contribution < -0.4 is 15.8 Å². The fourth-order valence-corrected chi connectivity index (χ4v) is 11.7. The van der Waals surface area contributed by atoms with E-state index in [9.17, 15) is 47.3 Å². The fourth-order valence-electron chi connectivity index (χ4n) is 8.15. The van der Waals surface area contributed by atoms with Crippen LogP contribution in [-0.4, -0.2) is 102 Å². The molecule has 0 radical (unpaired) electrons. The Morgan fingerprint density at radius 2 is 0.930 bits per heavy atom. The zero-order valence-electron chi connectivity index (χ0n) is 35.0. The number of hydrogen-bond acceptors (Lipinski definition) is 19. The lowest BCUT2D eigenvalue weighted by atomic mass is 10.1. The minimum absolute atomic E-state index is 0.00247. The van der Waals surface area contributed by atoms with Gasteiger partial charge in [0, 0.05) is 38.4 Å². The van der Waals surface area contributed by atoms with Crippen LogP contribution in [0.5, 0.6) is 0 Å². The monoisotopic (exact) mass is 1050 g/mol. The van der Waals surface area contributed by atoms with Gasteiger partial charge in [-0.05, 0) is 54.1 Å². The van der Waals surface area contributed by atoms with E-state index in [1.807, 2.05) is 0 Å². The van der Waals surface area contributed by atoms with Crippen molar-refractivity contribution >= 4 is 119 Å². The SMILES string of the molecule is Nc1nc(Cl)nc(Nc2cccc(NS(=O)(=O)c3cccc4c3-c3nc-4nc4[nH]c(nc5nc(nc6[nH]c(n3)c3c(S(=O)(=O)O)cccc63)-c3c-5cccc3S(=O)(=O)O)c3cccc(S(=O)(=O)O)c43)c2)n1. The molecule has 0 atom stereocenters.